The maximum Gasteiger partial charge on any atom is 0.329 e. The zero-order valence-electron chi connectivity index (χ0n) is 10.1. The Labute approximate surface area is 113 Å². The maximum atomic E-state index is 12.0. The molecule has 1 atom stereocenters. The van der Waals surface area contributed by atoms with E-state index in [1.165, 1.54) is 4.57 Å². The van der Waals surface area contributed by atoms with E-state index in [1.807, 2.05) is 24.4 Å². The van der Waals surface area contributed by atoms with Crippen molar-refractivity contribution in [2.45, 2.75) is 26.3 Å². The van der Waals surface area contributed by atoms with Crippen molar-refractivity contribution in [2.24, 2.45) is 0 Å². The van der Waals surface area contributed by atoms with Crippen molar-refractivity contribution < 1.29 is 0 Å². The van der Waals surface area contributed by atoms with Crippen LogP contribution in [-0.2, 0) is 6.42 Å². The van der Waals surface area contributed by atoms with E-state index in [2.05, 4.69) is 4.98 Å². The molecule has 0 spiro atoms. The second-order valence-corrected chi connectivity index (χ2v) is 5.59. The molecule has 0 aliphatic carbocycles. The first-order valence-electron chi connectivity index (χ1n) is 5.54. The molecule has 0 saturated heterocycles. The fourth-order valence-electron chi connectivity index (χ4n) is 1.83. The highest BCUT2D eigenvalue weighted by Crippen LogP contribution is 2.16. The molecule has 0 saturated carbocycles. The van der Waals surface area contributed by atoms with Crippen molar-refractivity contribution in [1.82, 2.24) is 9.55 Å². The molecule has 0 aliphatic heterocycles. The Bertz CT molecular complexity index is 658. The highest BCUT2D eigenvalue weighted by molar-refractivity contribution is 7.09. The van der Waals surface area contributed by atoms with Crippen LogP contribution in [-0.4, -0.2) is 9.55 Å². The van der Waals surface area contributed by atoms with Gasteiger partial charge in [0, 0.05) is 22.9 Å². The highest BCUT2D eigenvalue weighted by Gasteiger charge is 2.15. The van der Waals surface area contributed by atoms with Gasteiger partial charge in [-0.1, -0.05) is 17.7 Å². The van der Waals surface area contributed by atoms with Gasteiger partial charge >= 0.3 is 5.69 Å². The molecule has 18 heavy (non-hydrogen) atoms. The van der Waals surface area contributed by atoms with E-state index in [-0.39, 0.29) is 16.8 Å². The third-order valence-electron chi connectivity index (χ3n) is 2.82. The summed E-state index contributed by atoms with van der Waals surface area (Å²) in [6, 6.07) is 3.74. The van der Waals surface area contributed by atoms with Crippen LogP contribution in [0.2, 0.25) is 5.15 Å². The van der Waals surface area contributed by atoms with Gasteiger partial charge in [-0.15, -0.1) is 11.3 Å². The number of thiophene rings is 1. The lowest BCUT2D eigenvalue weighted by Gasteiger charge is -2.14. The summed E-state index contributed by atoms with van der Waals surface area (Å²) in [5, 5.41) is 2.09. The first-order valence-corrected chi connectivity index (χ1v) is 6.79. The lowest BCUT2D eigenvalue weighted by atomic mass is 10.2. The van der Waals surface area contributed by atoms with Crippen molar-refractivity contribution in [3.63, 3.8) is 0 Å². The second kappa shape index (κ2) is 5.12. The van der Waals surface area contributed by atoms with Crippen molar-refractivity contribution in [2.75, 3.05) is 0 Å². The Morgan fingerprint density at radius 3 is 2.83 bits per heavy atom. The van der Waals surface area contributed by atoms with Crippen LogP contribution in [0, 0.1) is 6.92 Å². The summed E-state index contributed by atoms with van der Waals surface area (Å²) in [6.45, 7) is 3.46. The Morgan fingerprint density at radius 2 is 2.22 bits per heavy atom. The quantitative estimate of drug-likeness (QED) is 0.880. The van der Waals surface area contributed by atoms with E-state index >= 15 is 0 Å². The van der Waals surface area contributed by atoms with Gasteiger partial charge in [0.05, 0.1) is 0 Å². The number of hydrogen-bond acceptors (Lipinski definition) is 3. The molecular formula is C12H13ClN2O2S. The summed E-state index contributed by atoms with van der Waals surface area (Å²) in [6.07, 6.45) is 0.654. The van der Waals surface area contributed by atoms with E-state index in [0.29, 0.717) is 12.0 Å². The number of rotatable bonds is 3. The molecule has 2 aromatic rings. The van der Waals surface area contributed by atoms with E-state index in [1.54, 1.807) is 18.3 Å². The number of hydrogen-bond donors (Lipinski definition) is 1. The standard InChI is InChI=1S/C12H13ClN2O2S/c1-7(6-9-4-3-5-18-9)15-11(16)8(2)10(13)14-12(15)17/h3-5,7H,6H2,1-2H3,(H,14,17). The monoisotopic (exact) mass is 284 g/mol. The predicted molar refractivity (Wildman–Crippen MR) is 73.8 cm³/mol. The lowest BCUT2D eigenvalue weighted by Crippen LogP contribution is -2.39. The number of halogens is 1. The van der Waals surface area contributed by atoms with Crippen LogP contribution in [0.1, 0.15) is 23.4 Å². The molecule has 0 bridgehead atoms. The van der Waals surface area contributed by atoms with Crippen LogP contribution in [0.5, 0.6) is 0 Å². The van der Waals surface area contributed by atoms with E-state index in [4.69, 9.17) is 11.6 Å². The average molecular weight is 285 g/mol. The minimum Gasteiger partial charge on any atom is -0.297 e. The fourth-order valence-corrected chi connectivity index (χ4v) is 2.81. The topological polar surface area (TPSA) is 54.9 Å². The lowest BCUT2D eigenvalue weighted by molar-refractivity contribution is 0.501. The van der Waals surface area contributed by atoms with Crippen LogP contribution in [0.3, 0.4) is 0 Å². The molecule has 0 fully saturated rings. The van der Waals surface area contributed by atoms with Gasteiger partial charge in [0.15, 0.2) is 0 Å². The number of aromatic nitrogens is 2. The van der Waals surface area contributed by atoms with E-state index in [0.717, 1.165) is 4.88 Å². The summed E-state index contributed by atoms with van der Waals surface area (Å²) in [4.78, 5) is 27.5. The molecule has 1 N–H and O–H groups in total. The summed E-state index contributed by atoms with van der Waals surface area (Å²) in [7, 11) is 0. The molecule has 0 amide bonds. The first kappa shape index (κ1) is 13.1. The zero-order valence-corrected chi connectivity index (χ0v) is 11.6. The molecule has 4 nitrogen and oxygen atoms in total. The maximum absolute atomic E-state index is 12.0. The van der Waals surface area contributed by atoms with Gasteiger partial charge in [-0.25, -0.2) is 4.79 Å². The summed E-state index contributed by atoms with van der Waals surface area (Å²) >= 11 is 7.38. The molecule has 0 aliphatic rings. The molecule has 96 valence electrons. The molecule has 2 rings (SSSR count). The Morgan fingerprint density at radius 1 is 1.50 bits per heavy atom. The van der Waals surface area contributed by atoms with Gasteiger partial charge in [0.2, 0.25) is 0 Å². The summed E-state index contributed by atoms with van der Waals surface area (Å²) in [5.41, 5.74) is -0.415. The van der Waals surface area contributed by atoms with Crippen LogP contribution in [0.25, 0.3) is 0 Å². The van der Waals surface area contributed by atoms with E-state index in [9.17, 15) is 9.59 Å². The van der Waals surface area contributed by atoms with Gasteiger partial charge in [0.1, 0.15) is 5.15 Å². The van der Waals surface area contributed by atoms with Gasteiger partial charge in [-0.3, -0.25) is 14.3 Å². The van der Waals surface area contributed by atoms with Gasteiger partial charge in [-0.2, -0.15) is 0 Å². The third-order valence-corrected chi connectivity index (χ3v) is 4.10. The third kappa shape index (κ3) is 2.42. The van der Waals surface area contributed by atoms with Gasteiger partial charge < -0.3 is 0 Å². The number of H-pyrrole nitrogens is 1. The number of nitrogens with zero attached hydrogens (tertiary/aromatic N) is 1. The molecule has 0 radical (unpaired) electrons. The normalized spacial score (nSPS) is 12.6. The van der Waals surface area contributed by atoms with Crippen LogP contribution >= 0.6 is 22.9 Å². The van der Waals surface area contributed by atoms with Crippen LogP contribution < -0.4 is 11.2 Å². The smallest absolute Gasteiger partial charge is 0.297 e. The van der Waals surface area contributed by atoms with E-state index < -0.39 is 5.69 Å². The second-order valence-electron chi connectivity index (χ2n) is 4.18. The summed E-state index contributed by atoms with van der Waals surface area (Å²) < 4.78 is 1.22. The number of nitrogens with one attached hydrogen (secondary N) is 1. The molecule has 2 heterocycles. The molecule has 1 unspecified atom stereocenters. The van der Waals surface area contributed by atoms with Crippen molar-refractivity contribution in [3.05, 3.63) is 53.9 Å². The fraction of sp³-hybridized carbons (Fsp3) is 0.333. The highest BCUT2D eigenvalue weighted by atomic mass is 35.5. The molecule has 0 aromatic carbocycles. The Balaban J connectivity index is 2.42. The minimum absolute atomic E-state index is 0.115. The zero-order chi connectivity index (χ0) is 13.3. The molecule has 2 aromatic heterocycles. The van der Waals surface area contributed by atoms with Crippen molar-refractivity contribution in [1.29, 1.82) is 0 Å². The van der Waals surface area contributed by atoms with Gasteiger partial charge in [0.25, 0.3) is 5.56 Å². The predicted octanol–water partition coefficient (Wildman–Crippen LogP) is 2.36. The first-order chi connectivity index (χ1) is 8.50. The van der Waals surface area contributed by atoms with Crippen molar-refractivity contribution >= 4 is 22.9 Å². The Hall–Kier alpha value is -1.33. The Kier molecular flexibility index (Phi) is 3.73. The van der Waals surface area contributed by atoms with Gasteiger partial charge in [-0.05, 0) is 25.3 Å². The molecule has 6 heteroatoms. The summed E-state index contributed by atoms with van der Waals surface area (Å²) in [5.74, 6) is 0. The minimum atomic E-state index is -0.459. The van der Waals surface area contributed by atoms with Crippen molar-refractivity contribution in [3.8, 4) is 0 Å². The SMILES string of the molecule is Cc1c(Cl)[nH]c(=O)n(C(C)Cc2cccs2)c1=O. The largest absolute Gasteiger partial charge is 0.329 e. The number of aromatic amines is 1. The average Bonchev–Trinajstić information content (AvgIpc) is 2.78. The van der Waals surface area contributed by atoms with Crippen LogP contribution in [0.4, 0.5) is 0 Å². The van der Waals surface area contributed by atoms with Crippen LogP contribution in [0.15, 0.2) is 27.1 Å². The molecular weight excluding hydrogens is 272 g/mol.